The molecule has 30 heavy (non-hydrogen) atoms. The number of carbonyl (C=O) groups excluding carboxylic acids is 1. The van der Waals surface area contributed by atoms with E-state index in [4.69, 9.17) is 15.2 Å². The molecule has 0 bridgehead atoms. The number of aromatic nitrogens is 1. The lowest BCUT2D eigenvalue weighted by Crippen LogP contribution is -2.44. The number of halogens is 4. The van der Waals surface area contributed by atoms with E-state index in [9.17, 15) is 18.0 Å². The Morgan fingerprint density at radius 2 is 1.97 bits per heavy atom. The topological polar surface area (TPSA) is 89.7 Å². The van der Waals surface area contributed by atoms with E-state index in [1.54, 1.807) is 0 Å². The van der Waals surface area contributed by atoms with Gasteiger partial charge in [-0.25, -0.2) is 9.78 Å². The first-order chi connectivity index (χ1) is 14.3. The second-order valence-electron chi connectivity index (χ2n) is 6.56. The van der Waals surface area contributed by atoms with Crippen molar-refractivity contribution in [3.05, 3.63) is 52.1 Å². The van der Waals surface area contributed by atoms with Crippen molar-refractivity contribution in [2.24, 2.45) is 0 Å². The number of amides is 1. The van der Waals surface area contributed by atoms with Gasteiger partial charge in [0.05, 0.1) is 30.5 Å². The molecule has 1 amide bonds. The predicted molar refractivity (Wildman–Crippen MR) is 107 cm³/mol. The van der Waals surface area contributed by atoms with Crippen molar-refractivity contribution >= 4 is 27.7 Å². The molecule has 11 heteroatoms. The highest BCUT2D eigenvalue weighted by molar-refractivity contribution is 9.10. The Balaban J connectivity index is 1.68. The Hall–Kier alpha value is -2.37. The van der Waals surface area contributed by atoms with Crippen LogP contribution in [0.1, 0.15) is 17.2 Å². The number of carbonyl (C=O) groups is 1. The van der Waals surface area contributed by atoms with Gasteiger partial charge in [0.25, 0.3) is 0 Å². The third-order valence-electron chi connectivity index (χ3n) is 4.57. The second kappa shape index (κ2) is 9.63. The summed E-state index contributed by atoms with van der Waals surface area (Å²) in [6, 6.07) is 10.2. The molecule has 7 nitrogen and oxygen atoms in total. The summed E-state index contributed by atoms with van der Waals surface area (Å²) >= 11 is 2.74. The van der Waals surface area contributed by atoms with Crippen LogP contribution in [-0.4, -0.2) is 48.8 Å². The van der Waals surface area contributed by atoms with Gasteiger partial charge in [0.1, 0.15) is 4.60 Å². The van der Waals surface area contributed by atoms with E-state index in [1.807, 2.05) is 30.3 Å². The lowest BCUT2D eigenvalue weighted by molar-refractivity contribution is -0.138. The van der Waals surface area contributed by atoms with E-state index in [0.29, 0.717) is 32.4 Å². The zero-order chi connectivity index (χ0) is 21.7. The van der Waals surface area contributed by atoms with Crippen LogP contribution in [0.5, 0.6) is 5.88 Å². The minimum Gasteiger partial charge on any atom is -0.394 e. The number of ether oxygens (including phenoxy) is 2. The van der Waals surface area contributed by atoms with Crippen molar-refractivity contribution in [2.75, 3.05) is 38.6 Å². The van der Waals surface area contributed by atoms with E-state index in [0.717, 1.165) is 5.56 Å². The average molecular weight is 489 g/mol. The highest BCUT2D eigenvalue weighted by atomic mass is 79.9. The first-order valence-electron chi connectivity index (χ1n) is 9.11. The molecule has 3 rings (SSSR count). The minimum absolute atomic E-state index is 0.118. The molecule has 0 saturated carbocycles. The van der Waals surface area contributed by atoms with Crippen molar-refractivity contribution in [3.8, 4) is 5.88 Å². The summed E-state index contributed by atoms with van der Waals surface area (Å²) in [4.78, 5) is 18.1. The number of benzene rings is 1. The molecule has 1 atom stereocenters. The Morgan fingerprint density at radius 3 is 2.60 bits per heavy atom. The quantitative estimate of drug-likeness (QED) is 0.624. The summed E-state index contributed by atoms with van der Waals surface area (Å²) < 4.78 is 48.7. The van der Waals surface area contributed by atoms with Crippen molar-refractivity contribution in [1.29, 1.82) is 0 Å². The molecule has 2 heterocycles. The van der Waals surface area contributed by atoms with Gasteiger partial charge in [0.2, 0.25) is 5.88 Å². The van der Waals surface area contributed by atoms with Crippen LogP contribution in [0.2, 0.25) is 0 Å². The molecule has 3 N–H and O–H groups in total. The van der Waals surface area contributed by atoms with Crippen LogP contribution in [0.4, 0.5) is 23.7 Å². The van der Waals surface area contributed by atoms with Gasteiger partial charge in [-0.2, -0.15) is 13.2 Å². The fraction of sp³-hybridized carbons (Fsp3) is 0.368. The minimum atomic E-state index is -4.64. The van der Waals surface area contributed by atoms with Gasteiger partial charge in [0, 0.05) is 19.6 Å². The van der Waals surface area contributed by atoms with Crippen molar-refractivity contribution in [2.45, 2.75) is 12.2 Å². The number of nitrogens with one attached hydrogen (secondary N) is 1. The smallest absolute Gasteiger partial charge is 0.394 e. The molecule has 1 saturated heterocycles. The van der Waals surface area contributed by atoms with Gasteiger partial charge in [-0.05, 0) is 27.6 Å². The molecule has 1 fully saturated rings. The molecule has 2 aromatic rings. The monoisotopic (exact) mass is 488 g/mol. The number of rotatable bonds is 5. The van der Waals surface area contributed by atoms with Crippen LogP contribution in [-0.2, 0) is 10.9 Å². The second-order valence-corrected chi connectivity index (χ2v) is 7.32. The third kappa shape index (κ3) is 5.61. The molecule has 1 aromatic heterocycles. The Kier molecular flexibility index (Phi) is 7.16. The molecule has 1 aliphatic rings. The summed E-state index contributed by atoms with van der Waals surface area (Å²) in [5, 5.41) is 2.64. The number of nitrogen functional groups attached to an aromatic ring is 1. The lowest BCUT2D eigenvalue weighted by Gasteiger charge is -2.34. The van der Waals surface area contributed by atoms with E-state index in [2.05, 4.69) is 31.1 Å². The van der Waals surface area contributed by atoms with E-state index >= 15 is 0 Å². The molecule has 1 unspecified atom stereocenters. The SMILES string of the molecule is Nc1cc(C(F)(F)F)c(Br)nc1OC(=O)NCC(c1ccccc1)N1CCOCC1. The first-order valence-corrected chi connectivity index (χ1v) is 9.90. The van der Waals surface area contributed by atoms with Crippen LogP contribution in [0.25, 0.3) is 0 Å². The van der Waals surface area contributed by atoms with Gasteiger partial charge in [-0.1, -0.05) is 30.3 Å². The summed E-state index contributed by atoms with van der Waals surface area (Å²) in [5.41, 5.74) is 5.15. The molecule has 0 spiro atoms. The average Bonchev–Trinajstić information content (AvgIpc) is 2.71. The Labute approximate surface area is 179 Å². The Morgan fingerprint density at radius 1 is 1.30 bits per heavy atom. The summed E-state index contributed by atoms with van der Waals surface area (Å²) in [5.74, 6) is -0.407. The van der Waals surface area contributed by atoms with E-state index in [1.165, 1.54) is 0 Å². The van der Waals surface area contributed by atoms with Gasteiger partial charge in [0.15, 0.2) is 0 Å². The highest BCUT2D eigenvalue weighted by Gasteiger charge is 2.35. The standard InChI is InChI=1S/C19H20BrF3N4O3/c20-16-13(19(21,22)23)10-14(24)17(26-16)30-18(28)25-11-15(12-4-2-1-3-5-12)27-6-8-29-9-7-27/h1-5,10,15H,6-9,11,24H2,(H,25,28). The molecule has 1 aromatic carbocycles. The van der Waals surface area contributed by atoms with Gasteiger partial charge < -0.3 is 20.5 Å². The third-order valence-corrected chi connectivity index (χ3v) is 5.18. The van der Waals surface area contributed by atoms with Crippen molar-refractivity contribution < 1.29 is 27.4 Å². The largest absolute Gasteiger partial charge is 0.419 e. The zero-order valence-corrected chi connectivity index (χ0v) is 17.4. The maximum atomic E-state index is 12.9. The summed E-state index contributed by atoms with van der Waals surface area (Å²) in [7, 11) is 0. The van der Waals surface area contributed by atoms with Crippen LogP contribution in [0, 0.1) is 0 Å². The van der Waals surface area contributed by atoms with E-state index < -0.39 is 34.0 Å². The van der Waals surface area contributed by atoms with Crippen molar-refractivity contribution in [3.63, 3.8) is 0 Å². The van der Waals surface area contributed by atoms with Gasteiger partial charge in [-0.15, -0.1) is 0 Å². The highest BCUT2D eigenvalue weighted by Crippen LogP contribution is 2.37. The number of hydrogen-bond acceptors (Lipinski definition) is 6. The number of anilines is 1. The maximum absolute atomic E-state index is 12.9. The summed E-state index contributed by atoms with van der Waals surface area (Å²) in [6.07, 6.45) is -5.50. The molecule has 0 aliphatic carbocycles. The zero-order valence-electron chi connectivity index (χ0n) is 15.8. The van der Waals surface area contributed by atoms with Crippen LogP contribution < -0.4 is 15.8 Å². The van der Waals surface area contributed by atoms with Crippen LogP contribution >= 0.6 is 15.9 Å². The molecular formula is C19H20BrF3N4O3. The molecule has 162 valence electrons. The normalized spacial score (nSPS) is 16.1. The maximum Gasteiger partial charge on any atom is 0.419 e. The lowest BCUT2D eigenvalue weighted by atomic mass is 10.0. The molecular weight excluding hydrogens is 469 g/mol. The predicted octanol–water partition coefficient (Wildman–Crippen LogP) is 3.61. The number of hydrogen-bond donors (Lipinski definition) is 2. The van der Waals surface area contributed by atoms with Crippen molar-refractivity contribution in [1.82, 2.24) is 15.2 Å². The number of alkyl halides is 3. The number of nitrogens with zero attached hydrogens (tertiary/aromatic N) is 2. The first kappa shape index (κ1) is 22.3. The summed E-state index contributed by atoms with van der Waals surface area (Å²) in [6.45, 7) is 2.82. The van der Waals surface area contributed by atoms with E-state index in [-0.39, 0.29) is 12.6 Å². The fourth-order valence-corrected chi connectivity index (χ4v) is 3.60. The van der Waals surface area contributed by atoms with Gasteiger partial charge in [-0.3, -0.25) is 4.90 Å². The van der Waals surface area contributed by atoms with Crippen LogP contribution in [0.3, 0.4) is 0 Å². The molecule has 1 aliphatic heterocycles. The Bertz CT molecular complexity index is 877. The van der Waals surface area contributed by atoms with Crippen LogP contribution in [0.15, 0.2) is 41.0 Å². The number of morpholine rings is 1. The number of pyridine rings is 1. The fourth-order valence-electron chi connectivity index (χ4n) is 3.10. The van der Waals surface area contributed by atoms with Gasteiger partial charge >= 0.3 is 12.3 Å². The number of nitrogens with two attached hydrogens (primary N) is 1. The molecule has 0 radical (unpaired) electrons.